The number of amides is 1. The van der Waals surface area contributed by atoms with E-state index in [0.29, 0.717) is 33.7 Å². The molecule has 0 bridgehead atoms. The number of fused-ring (bicyclic) bond motifs is 1. The molecule has 2 aromatic carbocycles. The van der Waals surface area contributed by atoms with E-state index in [1.54, 1.807) is 30.3 Å². The summed E-state index contributed by atoms with van der Waals surface area (Å²) in [4.78, 5) is 35.8. The number of aliphatic hydroxyl groups is 1. The van der Waals surface area contributed by atoms with E-state index in [9.17, 15) is 14.7 Å². The van der Waals surface area contributed by atoms with E-state index in [1.165, 1.54) is 6.20 Å². The number of rotatable bonds is 9. The molecule has 0 fully saturated rings. The first-order chi connectivity index (χ1) is 16.5. The molecule has 0 aliphatic carbocycles. The van der Waals surface area contributed by atoms with Crippen molar-refractivity contribution < 1.29 is 9.90 Å². The second kappa shape index (κ2) is 10.0. The molecule has 0 saturated heterocycles. The molecule has 34 heavy (non-hydrogen) atoms. The highest BCUT2D eigenvalue weighted by Crippen LogP contribution is 2.26. The van der Waals surface area contributed by atoms with Gasteiger partial charge in [0.25, 0.3) is 11.5 Å². The predicted molar refractivity (Wildman–Crippen MR) is 134 cm³/mol. The topological polar surface area (TPSA) is 123 Å². The highest BCUT2D eigenvalue weighted by molar-refractivity contribution is 6.05. The lowest BCUT2D eigenvalue weighted by Gasteiger charge is -2.14. The van der Waals surface area contributed by atoms with E-state index < -0.39 is 6.10 Å². The number of para-hydroxylation sites is 1. The molecule has 8 nitrogen and oxygen atoms in total. The second-order valence-corrected chi connectivity index (χ2v) is 7.74. The molecule has 5 N–H and O–H groups in total. The Kier molecular flexibility index (Phi) is 6.70. The fourth-order valence-electron chi connectivity index (χ4n) is 3.56. The maximum Gasteiger partial charge on any atom is 0.261 e. The fourth-order valence-corrected chi connectivity index (χ4v) is 3.56. The Labute approximate surface area is 196 Å². The summed E-state index contributed by atoms with van der Waals surface area (Å²) < 4.78 is 0. The van der Waals surface area contributed by atoms with Crippen LogP contribution < -0.4 is 16.2 Å². The highest BCUT2D eigenvalue weighted by atomic mass is 16.3. The van der Waals surface area contributed by atoms with Crippen LogP contribution in [0.25, 0.3) is 22.4 Å². The third kappa shape index (κ3) is 4.82. The SMILES string of the molecule is C=CC(=C)CNC(=O)c1cccc2[nH]c(-c3c(NCC(O)c4ccccc4)cc[nH]c3=O)nc12. The number of hydrogen-bond acceptors (Lipinski definition) is 5. The van der Waals surface area contributed by atoms with Crippen LogP contribution in [0.4, 0.5) is 5.69 Å². The molecular weight excluding hydrogens is 430 g/mol. The van der Waals surface area contributed by atoms with Crippen LogP contribution in [-0.4, -0.2) is 39.1 Å². The molecule has 1 amide bonds. The van der Waals surface area contributed by atoms with E-state index in [4.69, 9.17) is 0 Å². The van der Waals surface area contributed by atoms with E-state index in [2.05, 4.69) is 38.7 Å². The average molecular weight is 456 g/mol. The quantitative estimate of drug-likeness (QED) is 0.247. The number of nitrogens with zero attached hydrogens (tertiary/aromatic N) is 1. The summed E-state index contributed by atoms with van der Waals surface area (Å²) in [5.41, 5.74) is 3.31. The van der Waals surface area contributed by atoms with Crippen molar-refractivity contribution in [2.24, 2.45) is 0 Å². The van der Waals surface area contributed by atoms with Gasteiger partial charge in [0.05, 0.1) is 22.9 Å². The largest absolute Gasteiger partial charge is 0.387 e. The van der Waals surface area contributed by atoms with Gasteiger partial charge in [-0.1, -0.05) is 55.6 Å². The van der Waals surface area contributed by atoms with Crippen LogP contribution in [0.5, 0.6) is 0 Å². The Balaban J connectivity index is 1.64. The van der Waals surface area contributed by atoms with Gasteiger partial charge in [-0.05, 0) is 29.3 Å². The second-order valence-electron chi connectivity index (χ2n) is 7.74. The number of aromatic amines is 2. The number of aliphatic hydroxyl groups excluding tert-OH is 1. The van der Waals surface area contributed by atoms with Gasteiger partial charge in [0.15, 0.2) is 0 Å². The maximum absolute atomic E-state index is 12.7. The molecule has 1 atom stereocenters. The smallest absolute Gasteiger partial charge is 0.261 e. The number of H-pyrrole nitrogens is 2. The maximum atomic E-state index is 12.7. The monoisotopic (exact) mass is 455 g/mol. The van der Waals surface area contributed by atoms with Gasteiger partial charge in [-0.2, -0.15) is 0 Å². The van der Waals surface area contributed by atoms with Gasteiger partial charge in [0.1, 0.15) is 16.9 Å². The van der Waals surface area contributed by atoms with Crippen molar-refractivity contribution in [3.05, 3.63) is 107 Å². The number of nitrogens with one attached hydrogen (secondary N) is 4. The minimum absolute atomic E-state index is 0.196. The Morgan fingerprint density at radius 2 is 1.94 bits per heavy atom. The first-order valence-corrected chi connectivity index (χ1v) is 10.7. The number of anilines is 1. The number of pyridine rings is 1. The number of imidazole rings is 1. The van der Waals surface area contributed by atoms with Crippen LogP contribution in [0.2, 0.25) is 0 Å². The number of benzene rings is 2. The summed E-state index contributed by atoms with van der Waals surface area (Å²) in [5.74, 6) is 0.00209. The first kappa shape index (κ1) is 22.8. The number of aromatic nitrogens is 3. The Hall–Kier alpha value is -4.43. The average Bonchev–Trinajstić information content (AvgIpc) is 3.29. The number of carbonyl (C=O) groups excluding carboxylic acids is 1. The molecule has 0 saturated carbocycles. The molecule has 0 radical (unpaired) electrons. The molecule has 0 aliphatic heterocycles. The third-order valence-corrected chi connectivity index (χ3v) is 5.39. The lowest BCUT2D eigenvalue weighted by Crippen LogP contribution is -2.25. The van der Waals surface area contributed by atoms with Crippen LogP contribution >= 0.6 is 0 Å². The molecule has 2 heterocycles. The van der Waals surface area contributed by atoms with E-state index in [-0.39, 0.29) is 30.1 Å². The van der Waals surface area contributed by atoms with Crippen LogP contribution in [0.1, 0.15) is 22.0 Å². The standard InChI is InChI=1S/C26H25N5O3/c1-3-16(2)14-29-25(33)18-10-7-11-20-23(18)31-24(30-20)22-19(12-13-27-26(22)34)28-15-21(32)17-8-5-4-6-9-17/h3-13,21,32H,1-2,14-15H2,(H,29,33)(H,30,31)(H2,27,28,34). The molecule has 0 aliphatic rings. The van der Waals surface area contributed by atoms with Crippen LogP contribution in [0.15, 0.2) is 90.4 Å². The molecule has 2 aromatic heterocycles. The number of hydrogen-bond donors (Lipinski definition) is 5. The van der Waals surface area contributed by atoms with Crippen molar-refractivity contribution in [3.63, 3.8) is 0 Å². The molecule has 4 rings (SSSR count). The minimum Gasteiger partial charge on any atom is -0.387 e. The van der Waals surface area contributed by atoms with Crippen molar-refractivity contribution in [2.75, 3.05) is 18.4 Å². The summed E-state index contributed by atoms with van der Waals surface area (Å²) in [5, 5.41) is 16.4. The summed E-state index contributed by atoms with van der Waals surface area (Å²) in [6.07, 6.45) is 2.35. The van der Waals surface area contributed by atoms with E-state index in [1.807, 2.05) is 30.3 Å². The van der Waals surface area contributed by atoms with Gasteiger partial charge in [-0.15, -0.1) is 0 Å². The first-order valence-electron chi connectivity index (χ1n) is 10.7. The number of carbonyl (C=O) groups is 1. The molecule has 1 unspecified atom stereocenters. The van der Waals surface area contributed by atoms with Crippen LogP contribution in [-0.2, 0) is 0 Å². The highest BCUT2D eigenvalue weighted by Gasteiger charge is 2.18. The zero-order chi connectivity index (χ0) is 24.1. The van der Waals surface area contributed by atoms with Gasteiger partial charge < -0.3 is 25.7 Å². The van der Waals surface area contributed by atoms with Crippen molar-refractivity contribution in [1.82, 2.24) is 20.3 Å². The summed E-state index contributed by atoms with van der Waals surface area (Å²) in [6, 6.07) is 16.2. The lowest BCUT2D eigenvalue weighted by molar-refractivity contribution is 0.0959. The minimum atomic E-state index is -0.760. The fraction of sp³-hybridized carbons (Fsp3) is 0.115. The zero-order valence-electron chi connectivity index (χ0n) is 18.5. The third-order valence-electron chi connectivity index (χ3n) is 5.39. The van der Waals surface area contributed by atoms with Crippen LogP contribution in [0, 0.1) is 0 Å². The van der Waals surface area contributed by atoms with Crippen molar-refractivity contribution >= 4 is 22.6 Å². The molecular formula is C26H25N5O3. The van der Waals surface area contributed by atoms with Gasteiger partial charge in [0.2, 0.25) is 0 Å². The lowest BCUT2D eigenvalue weighted by atomic mass is 10.1. The van der Waals surface area contributed by atoms with Gasteiger partial charge in [-0.3, -0.25) is 9.59 Å². The van der Waals surface area contributed by atoms with Gasteiger partial charge in [0, 0.05) is 19.3 Å². The normalized spacial score (nSPS) is 11.7. The Morgan fingerprint density at radius 3 is 2.71 bits per heavy atom. The molecule has 172 valence electrons. The van der Waals surface area contributed by atoms with Crippen molar-refractivity contribution in [2.45, 2.75) is 6.10 Å². The van der Waals surface area contributed by atoms with Gasteiger partial charge in [-0.25, -0.2) is 4.98 Å². The summed E-state index contributed by atoms with van der Waals surface area (Å²) >= 11 is 0. The van der Waals surface area contributed by atoms with E-state index in [0.717, 1.165) is 5.56 Å². The Bertz CT molecular complexity index is 1400. The van der Waals surface area contributed by atoms with Gasteiger partial charge >= 0.3 is 0 Å². The summed E-state index contributed by atoms with van der Waals surface area (Å²) in [6.45, 7) is 7.90. The van der Waals surface area contributed by atoms with E-state index >= 15 is 0 Å². The Morgan fingerprint density at radius 1 is 1.15 bits per heavy atom. The summed E-state index contributed by atoms with van der Waals surface area (Å²) in [7, 11) is 0. The van der Waals surface area contributed by atoms with Crippen molar-refractivity contribution in [1.29, 1.82) is 0 Å². The zero-order valence-corrected chi connectivity index (χ0v) is 18.5. The molecule has 4 aromatic rings. The predicted octanol–water partition coefficient (Wildman–Crippen LogP) is 3.54. The molecule has 8 heteroatoms. The van der Waals surface area contributed by atoms with Crippen LogP contribution in [0.3, 0.4) is 0 Å². The van der Waals surface area contributed by atoms with Crippen molar-refractivity contribution in [3.8, 4) is 11.4 Å². The molecule has 0 spiro atoms.